The summed E-state index contributed by atoms with van der Waals surface area (Å²) in [5.74, 6) is 2.28. The molecule has 0 N–H and O–H groups in total. The molecule has 0 aliphatic heterocycles. The number of fused-ring (bicyclic) bond motifs is 3. The van der Waals surface area contributed by atoms with Gasteiger partial charge in [-0.2, -0.15) is 0 Å². The first kappa shape index (κ1) is 37.4. The van der Waals surface area contributed by atoms with Crippen LogP contribution < -0.4 is 5.56 Å². The van der Waals surface area contributed by atoms with E-state index >= 15 is 0 Å². The molecule has 8 heterocycles. The van der Waals surface area contributed by atoms with Gasteiger partial charge in [-0.05, 0) is 133 Å². The molecule has 1 saturated carbocycles. The van der Waals surface area contributed by atoms with Gasteiger partial charge in [0.05, 0.1) is 42.5 Å². The van der Waals surface area contributed by atoms with E-state index in [1.807, 2.05) is 37.6 Å². The lowest BCUT2D eigenvalue weighted by molar-refractivity contribution is 0.477. The SMILES string of the molecule is Cc1csc2c(Cl)nc(Cl)nc12.Cc1csc2cnc(C[C@H]3CC[C@H](Cc4ccc(-n5ccccc5=O)cn4)C3)nc12.Cc1csc2cnc(Cl)nc12. The number of aryl methyl sites for hydroxylation is 3. The van der Waals surface area contributed by atoms with Crippen molar-refractivity contribution < 1.29 is 0 Å². The van der Waals surface area contributed by atoms with Crippen LogP contribution in [-0.2, 0) is 12.8 Å². The van der Waals surface area contributed by atoms with Crippen molar-refractivity contribution in [1.82, 2.24) is 39.5 Å². The fourth-order valence-corrected chi connectivity index (χ4v) is 9.61. The van der Waals surface area contributed by atoms with Crippen LogP contribution in [0.2, 0.25) is 15.7 Å². The summed E-state index contributed by atoms with van der Waals surface area (Å²) in [6.45, 7) is 6.11. The van der Waals surface area contributed by atoms with Crippen LogP contribution in [0.3, 0.4) is 0 Å². The fourth-order valence-electron chi connectivity index (χ4n) is 6.40. The van der Waals surface area contributed by atoms with Crippen LogP contribution in [0, 0.1) is 32.6 Å². The Hall–Kier alpha value is -3.91. The van der Waals surface area contributed by atoms with Gasteiger partial charge in [-0.3, -0.25) is 14.3 Å². The van der Waals surface area contributed by atoms with Gasteiger partial charge in [-0.1, -0.05) is 17.7 Å². The Morgan fingerprint density at radius 1 is 0.698 bits per heavy atom. The van der Waals surface area contributed by atoms with Gasteiger partial charge in [0.15, 0.2) is 5.15 Å². The van der Waals surface area contributed by atoms with Gasteiger partial charge in [-0.25, -0.2) is 29.9 Å². The van der Waals surface area contributed by atoms with Crippen molar-refractivity contribution in [3.63, 3.8) is 0 Å². The van der Waals surface area contributed by atoms with E-state index in [0.29, 0.717) is 22.3 Å². The Labute approximate surface area is 332 Å². The fraction of sp³-hybridized carbons (Fsp3) is 0.263. The highest BCUT2D eigenvalue weighted by Crippen LogP contribution is 2.35. The topological polar surface area (TPSA) is 112 Å². The number of hydrogen-bond donors (Lipinski definition) is 0. The van der Waals surface area contributed by atoms with Crippen molar-refractivity contribution in [2.75, 3.05) is 0 Å². The molecule has 9 nitrogen and oxygen atoms in total. The second-order valence-electron chi connectivity index (χ2n) is 12.9. The van der Waals surface area contributed by atoms with Crippen LogP contribution in [0.1, 0.15) is 47.5 Å². The first-order valence-electron chi connectivity index (χ1n) is 16.9. The molecule has 0 bridgehead atoms. The highest BCUT2D eigenvalue weighted by molar-refractivity contribution is 7.18. The number of rotatable bonds is 5. The third-order valence-corrected chi connectivity index (χ3v) is 12.9. The molecule has 53 heavy (non-hydrogen) atoms. The van der Waals surface area contributed by atoms with E-state index in [2.05, 4.69) is 53.7 Å². The van der Waals surface area contributed by atoms with Crippen molar-refractivity contribution in [3.05, 3.63) is 126 Å². The molecule has 270 valence electrons. The second-order valence-corrected chi connectivity index (χ2v) is 16.7. The molecule has 8 aromatic heterocycles. The Balaban J connectivity index is 0.000000153. The quantitative estimate of drug-likeness (QED) is 0.125. The molecule has 0 unspecified atom stereocenters. The van der Waals surface area contributed by atoms with E-state index in [1.165, 1.54) is 40.9 Å². The minimum Gasteiger partial charge on any atom is -0.283 e. The lowest BCUT2D eigenvalue weighted by atomic mass is 9.97. The first-order chi connectivity index (χ1) is 25.6. The lowest BCUT2D eigenvalue weighted by Gasteiger charge is -2.11. The summed E-state index contributed by atoms with van der Waals surface area (Å²) < 4.78 is 4.78. The van der Waals surface area contributed by atoms with Gasteiger partial charge in [-0.15, -0.1) is 34.0 Å². The highest BCUT2D eigenvalue weighted by Gasteiger charge is 2.26. The van der Waals surface area contributed by atoms with Crippen LogP contribution in [0.5, 0.6) is 0 Å². The Bertz CT molecular complexity index is 2580. The first-order valence-corrected chi connectivity index (χ1v) is 20.6. The Kier molecular flexibility index (Phi) is 11.7. The third kappa shape index (κ3) is 8.91. The average molecular weight is 820 g/mol. The monoisotopic (exact) mass is 818 g/mol. The molecular formula is C38H33Cl3N8OS3. The maximum atomic E-state index is 12.0. The molecule has 8 aromatic rings. The van der Waals surface area contributed by atoms with E-state index < -0.39 is 0 Å². The normalized spacial score (nSPS) is 15.4. The molecule has 0 saturated heterocycles. The van der Waals surface area contributed by atoms with E-state index in [4.69, 9.17) is 39.8 Å². The highest BCUT2D eigenvalue weighted by atomic mass is 35.5. The summed E-state index contributed by atoms with van der Waals surface area (Å²) in [6.07, 6.45) is 12.9. The van der Waals surface area contributed by atoms with Gasteiger partial charge in [0.2, 0.25) is 10.6 Å². The third-order valence-electron chi connectivity index (χ3n) is 9.06. The van der Waals surface area contributed by atoms with Crippen LogP contribution >= 0.6 is 68.8 Å². The second kappa shape index (κ2) is 16.6. The standard InChI is InChI=1S/C24H24N4OS.C7H4Cl2N2S.C7H5ClN2S/c1-16-15-30-21-14-26-22(27-24(16)21)12-18-6-5-17(10-18)11-19-7-8-20(13-25-19)28-9-3-2-4-23(28)29;1-3-2-12-5-4(3)10-7(9)11-6(5)8;1-4-3-11-5-2-9-7(8)10-6(4)5/h2-4,7-9,13-15,17-18H,5-6,10-12H2,1H3;2H,1H3;2-3H,1H3/t17-,18-;;/m0../s1. The summed E-state index contributed by atoms with van der Waals surface area (Å²) in [7, 11) is 0. The van der Waals surface area contributed by atoms with Crippen molar-refractivity contribution in [3.8, 4) is 5.69 Å². The van der Waals surface area contributed by atoms with Gasteiger partial charge < -0.3 is 0 Å². The molecule has 1 aliphatic rings. The molecule has 0 amide bonds. The summed E-state index contributed by atoms with van der Waals surface area (Å²) in [5, 5.41) is 7.15. The van der Waals surface area contributed by atoms with Crippen LogP contribution in [-0.4, -0.2) is 39.5 Å². The smallest absolute Gasteiger partial charge is 0.255 e. The summed E-state index contributed by atoms with van der Waals surface area (Å²) in [4.78, 5) is 41.9. The van der Waals surface area contributed by atoms with Crippen molar-refractivity contribution >= 4 is 99.5 Å². The van der Waals surface area contributed by atoms with Crippen molar-refractivity contribution in [2.24, 2.45) is 11.8 Å². The molecule has 0 aromatic carbocycles. The maximum Gasteiger partial charge on any atom is 0.255 e. The molecule has 15 heteroatoms. The van der Waals surface area contributed by atoms with Gasteiger partial charge in [0.25, 0.3) is 5.56 Å². The van der Waals surface area contributed by atoms with E-state index in [0.717, 1.165) is 67.1 Å². The molecule has 9 rings (SSSR count). The van der Waals surface area contributed by atoms with Crippen molar-refractivity contribution in [2.45, 2.75) is 52.9 Å². The zero-order chi connectivity index (χ0) is 37.1. The molecule has 0 spiro atoms. The number of thiophene rings is 3. The van der Waals surface area contributed by atoms with E-state index in [9.17, 15) is 4.79 Å². The van der Waals surface area contributed by atoms with Gasteiger partial charge in [0, 0.05) is 36.8 Å². The Morgan fingerprint density at radius 3 is 2.08 bits per heavy atom. The number of aromatic nitrogens is 8. The number of pyridine rings is 2. The van der Waals surface area contributed by atoms with Gasteiger partial charge in [0.1, 0.15) is 5.82 Å². The largest absolute Gasteiger partial charge is 0.283 e. The summed E-state index contributed by atoms with van der Waals surface area (Å²) in [5.41, 5.74) is 8.29. The van der Waals surface area contributed by atoms with E-state index in [-0.39, 0.29) is 10.8 Å². The maximum absolute atomic E-state index is 12.0. The lowest BCUT2D eigenvalue weighted by Crippen LogP contribution is -2.15. The number of nitrogens with zero attached hydrogens (tertiary/aromatic N) is 8. The number of hydrogen-bond acceptors (Lipinski definition) is 11. The van der Waals surface area contributed by atoms with Crippen LogP contribution in [0.4, 0.5) is 0 Å². The van der Waals surface area contributed by atoms with E-state index in [1.54, 1.807) is 58.0 Å². The zero-order valence-corrected chi connectivity index (χ0v) is 33.7. The molecule has 1 aliphatic carbocycles. The predicted molar refractivity (Wildman–Crippen MR) is 220 cm³/mol. The minimum atomic E-state index is -0.0382. The zero-order valence-electron chi connectivity index (χ0n) is 29.0. The van der Waals surface area contributed by atoms with Crippen LogP contribution in [0.15, 0.2) is 76.1 Å². The minimum absolute atomic E-state index is 0.0382. The average Bonchev–Trinajstić information content (AvgIpc) is 3.94. The molecule has 0 radical (unpaired) electrons. The summed E-state index contributed by atoms with van der Waals surface area (Å²) >= 11 is 22.0. The Morgan fingerprint density at radius 2 is 1.36 bits per heavy atom. The molecule has 1 fully saturated rings. The summed E-state index contributed by atoms with van der Waals surface area (Å²) in [6, 6.07) is 9.21. The van der Waals surface area contributed by atoms with Crippen molar-refractivity contribution in [1.29, 1.82) is 0 Å². The molecule has 2 atom stereocenters. The van der Waals surface area contributed by atoms with Gasteiger partial charge >= 0.3 is 0 Å². The predicted octanol–water partition coefficient (Wildman–Crippen LogP) is 10.7. The van der Waals surface area contributed by atoms with Crippen LogP contribution in [0.25, 0.3) is 36.3 Å². The molecular weight excluding hydrogens is 787 g/mol. The number of halogens is 3.